The van der Waals surface area contributed by atoms with E-state index in [2.05, 4.69) is 10.2 Å². The molecule has 0 spiro atoms. The second kappa shape index (κ2) is 6.95. The highest BCUT2D eigenvalue weighted by molar-refractivity contribution is 5.79. The van der Waals surface area contributed by atoms with E-state index in [1.54, 1.807) is 14.2 Å². The minimum Gasteiger partial charge on any atom is -0.493 e. The number of hydrogen-bond donors (Lipinski definition) is 1. The summed E-state index contributed by atoms with van der Waals surface area (Å²) < 4.78 is 10.7. The maximum atomic E-state index is 12.7. The minimum absolute atomic E-state index is 0.0809. The van der Waals surface area contributed by atoms with Gasteiger partial charge in [0, 0.05) is 12.2 Å². The molecule has 1 aromatic heterocycles. The predicted molar refractivity (Wildman–Crippen MR) is 90.3 cm³/mol. The number of benzene rings is 1. The normalized spacial score (nSPS) is 17.1. The number of amides is 1. The van der Waals surface area contributed by atoms with Gasteiger partial charge in [0.25, 0.3) is 0 Å². The summed E-state index contributed by atoms with van der Waals surface area (Å²) in [6, 6.07) is 7.87. The van der Waals surface area contributed by atoms with Crippen molar-refractivity contribution in [3.05, 3.63) is 41.2 Å². The Bertz CT molecular complexity index is 726. The number of methoxy groups -OCH3 is 2. The van der Waals surface area contributed by atoms with E-state index in [0.29, 0.717) is 17.9 Å². The van der Waals surface area contributed by atoms with Crippen LogP contribution in [-0.4, -0.2) is 41.8 Å². The van der Waals surface area contributed by atoms with Crippen molar-refractivity contribution >= 4 is 5.91 Å². The van der Waals surface area contributed by atoms with Crippen LogP contribution >= 0.6 is 0 Å². The van der Waals surface area contributed by atoms with E-state index < -0.39 is 0 Å². The number of carbonyl (C=O) groups is 1. The van der Waals surface area contributed by atoms with Gasteiger partial charge in [0.05, 0.1) is 32.4 Å². The Morgan fingerprint density at radius 1 is 1.29 bits per heavy atom. The van der Waals surface area contributed by atoms with Gasteiger partial charge in [-0.2, -0.15) is 5.10 Å². The van der Waals surface area contributed by atoms with Gasteiger partial charge in [0.15, 0.2) is 11.5 Å². The third-order valence-electron chi connectivity index (χ3n) is 4.46. The number of aryl methyl sites for hydroxylation is 1. The lowest BCUT2D eigenvalue weighted by Gasteiger charge is -2.25. The third kappa shape index (κ3) is 3.22. The molecule has 2 heterocycles. The quantitative estimate of drug-likeness (QED) is 0.916. The highest BCUT2D eigenvalue weighted by Gasteiger charge is 2.30. The van der Waals surface area contributed by atoms with Crippen LogP contribution in [0.1, 0.15) is 35.8 Å². The standard InChI is InChI=1S/C18H23N3O3/c1-12-9-14(20-19-12)11-18(22)21-8-4-5-15(21)13-6-7-16(23-2)17(10-13)24-3/h6-7,9-10,15H,4-5,8,11H2,1-3H3,(H,19,20). The van der Waals surface area contributed by atoms with Gasteiger partial charge >= 0.3 is 0 Å². The number of aromatic nitrogens is 2. The number of rotatable bonds is 5. The molecule has 0 radical (unpaired) electrons. The first-order valence-corrected chi connectivity index (χ1v) is 8.14. The Kier molecular flexibility index (Phi) is 4.74. The zero-order valence-corrected chi connectivity index (χ0v) is 14.3. The van der Waals surface area contributed by atoms with Crippen LogP contribution in [0.15, 0.2) is 24.3 Å². The summed E-state index contributed by atoms with van der Waals surface area (Å²) in [5, 5.41) is 7.05. The fraction of sp³-hybridized carbons (Fsp3) is 0.444. The van der Waals surface area contributed by atoms with Gasteiger partial charge in [-0.25, -0.2) is 0 Å². The average Bonchev–Trinajstić information content (AvgIpc) is 3.23. The molecular formula is C18H23N3O3. The van der Waals surface area contributed by atoms with Gasteiger partial charge in [-0.05, 0) is 43.5 Å². The molecule has 3 rings (SSSR count). The van der Waals surface area contributed by atoms with Crippen LogP contribution in [0.2, 0.25) is 0 Å². The van der Waals surface area contributed by atoms with Crippen molar-refractivity contribution in [3.63, 3.8) is 0 Å². The van der Waals surface area contributed by atoms with E-state index in [-0.39, 0.29) is 11.9 Å². The molecule has 2 aromatic rings. The van der Waals surface area contributed by atoms with Crippen LogP contribution in [0.4, 0.5) is 0 Å². The molecule has 1 aliphatic heterocycles. The summed E-state index contributed by atoms with van der Waals surface area (Å²) >= 11 is 0. The fourth-order valence-corrected chi connectivity index (χ4v) is 3.29. The van der Waals surface area contributed by atoms with Crippen LogP contribution < -0.4 is 9.47 Å². The molecule has 24 heavy (non-hydrogen) atoms. The van der Waals surface area contributed by atoms with Crippen LogP contribution in [0.5, 0.6) is 11.5 Å². The second-order valence-corrected chi connectivity index (χ2v) is 6.08. The largest absolute Gasteiger partial charge is 0.493 e. The molecule has 1 fully saturated rings. The fourth-order valence-electron chi connectivity index (χ4n) is 3.29. The van der Waals surface area contributed by atoms with E-state index >= 15 is 0 Å². The molecule has 0 aliphatic carbocycles. The first-order valence-electron chi connectivity index (χ1n) is 8.14. The molecule has 0 saturated carbocycles. The van der Waals surface area contributed by atoms with Gasteiger partial charge in [-0.1, -0.05) is 6.07 Å². The monoisotopic (exact) mass is 329 g/mol. The first-order chi connectivity index (χ1) is 11.6. The molecule has 6 nitrogen and oxygen atoms in total. The van der Waals surface area contributed by atoms with E-state index in [9.17, 15) is 4.79 Å². The van der Waals surface area contributed by atoms with Crippen molar-refractivity contribution in [1.82, 2.24) is 15.1 Å². The van der Waals surface area contributed by atoms with Crippen molar-refractivity contribution in [2.45, 2.75) is 32.2 Å². The molecule has 1 amide bonds. The zero-order valence-electron chi connectivity index (χ0n) is 14.3. The summed E-state index contributed by atoms with van der Waals surface area (Å²) in [6.45, 7) is 2.71. The maximum absolute atomic E-state index is 12.7. The SMILES string of the molecule is COc1ccc(C2CCCN2C(=O)Cc2cc(C)[nH]n2)cc1OC. The Balaban J connectivity index is 1.78. The van der Waals surface area contributed by atoms with Gasteiger partial charge < -0.3 is 14.4 Å². The number of nitrogens with zero attached hydrogens (tertiary/aromatic N) is 2. The molecule has 6 heteroatoms. The lowest BCUT2D eigenvalue weighted by Crippen LogP contribution is -2.32. The molecule has 1 N–H and O–H groups in total. The summed E-state index contributed by atoms with van der Waals surface area (Å²) in [5.41, 5.74) is 2.84. The summed E-state index contributed by atoms with van der Waals surface area (Å²) in [6.07, 6.45) is 2.29. The summed E-state index contributed by atoms with van der Waals surface area (Å²) in [7, 11) is 3.24. The van der Waals surface area contributed by atoms with E-state index in [1.165, 1.54) is 0 Å². The summed E-state index contributed by atoms with van der Waals surface area (Å²) in [5.74, 6) is 1.50. The topological polar surface area (TPSA) is 67.5 Å². The highest BCUT2D eigenvalue weighted by atomic mass is 16.5. The number of ether oxygens (including phenoxy) is 2. The van der Waals surface area contributed by atoms with Crippen molar-refractivity contribution in [3.8, 4) is 11.5 Å². The predicted octanol–water partition coefficient (Wildman–Crippen LogP) is 2.64. The van der Waals surface area contributed by atoms with Crippen LogP contribution in [0, 0.1) is 6.92 Å². The van der Waals surface area contributed by atoms with Gasteiger partial charge in [0.2, 0.25) is 5.91 Å². The van der Waals surface area contributed by atoms with Gasteiger partial charge in [-0.3, -0.25) is 9.89 Å². The number of carbonyl (C=O) groups excluding carboxylic acids is 1. The molecular weight excluding hydrogens is 306 g/mol. The minimum atomic E-state index is 0.0809. The molecule has 1 unspecified atom stereocenters. The molecule has 0 bridgehead atoms. The van der Waals surface area contributed by atoms with Crippen LogP contribution in [-0.2, 0) is 11.2 Å². The number of likely N-dealkylation sites (tertiary alicyclic amines) is 1. The molecule has 1 saturated heterocycles. The number of aromatic amines is 1. The van der Waals surface area contributed by atoms with E-state index in [4.69, 9.17) is 9.47 Å². The molecule has 1 aliphatic rings. The average molecular weight is 329 g/mol. The zero-order chi connectivity index (χ0) is 17.1. The van der Waals surface area contributed by atoms with Crippen molar-refractivity contribution < 1.29 is 14.3 Å². The number of nitrogens with one attached hydrogen (secondary N) is 1. The van der Waals surface area contributed by atoms with E-state index in [1.807, 2.05) is 36.1 Å². The Morgan fingerprint density at radius 2 is 2.08 bits per heavy atom. The van der Waals surface area contributed by atoms with Crippen molar-refractivity contribution in [2.24, 2.45) is 0 Å². The number of H-pyrrole nitrogens is 1. The highest BCUT2D eigenvalue weighted by Crippen LogP contribution is 2.37. The van der Waals surface area contributed by atoms with Gasteiger partial charge in [-0.15, -0.1) is 0 Å². The molecule has 128 valence electrons. The first kappa shape index (κ1) is 16.4. The maximum Gasteiger partial charge on any atom is 0.229 e. The Hall–Kier alpha value is -2.50. The Labute approximate surface area is 141 Å². The smallest absolute Gasteiger partial charge is 0.229 e. The Morgan fingerprint density at radius 3 is 2.75 bits per heavy atom. The molecule has 1 aromatic carbocycles. The van der Waals surface area contributed by atoms with E-state index in [0.717, 1.165) is 36.3 Å². The second-order valence-electron chi connectivity index (χ2n) is 6.08. The van der Waals surface area contributed by atoms with Crippen molar-refractivity contribution in [1.29, 1.82) is 0 Å². The lowest BCUT2D eigenvalue weighted by molar-refractivity contribution is -0.131. The lowest BCUT2D eigenvalue weighted by atomic mass is 10.0. The van der Waals surface area contributed by atoms with Gasteiger partial charge in [0.1, 0.15) is 0 Å². The molecule has 1 atom stereocenters. The number of hydrogen-bond acceptors (Lipinski definition) is 4. The third-order valence-corrected chi connectivity index (χ3v) is 4.46. The van der Waals surface area contributed by atoms with Crippen molar-refractivity contribution in [2.75, 3.05) is 20.8 Å². The van der Waals surface area contributed by atoms with Crippen LogP contribution in [0.25, 0.3) is 0 Å². The summed E-state index contributed by atoms with van der Waals surface area (Å²) in [4.78, 5) is 14.7. The van der Waals surface area contributed by atoms with Crippen LogP contribution in [0.3, 0.4) is 0 Å².